The highest BCUT2D eigenvalue weighted by Crippen LogP contribution is 2.07. The van der Waals surface area contributed by atoms with Gasteiger partial charge >= 0.3 is 0 Å². The van der Waals surface area contributed by atoms with E-state index >= 15 is 0 Å². The molecule has 106 valence electrons. The van der Waals surface area contributed by atoms with Gasteiger partial charge in [-0.05, 0) is 18.1 Å². The van der Waals surface area contributed by atoms with E-state index in [1.165, 1.54) is 5.56 Å². The van der Waals surface area contributed by atoms with Crippen LogP contribution in [0.4, 0.5) is 0 Å². The molecule has 4 nitrogen and oxygen atoms in total. The van der Waals surface area contributed by atoms with Gasteiger partial charge in [-0.2, -0.15) is 5.10 Å². The molecule has 0 spiro atoms. The van der Waals surface area contributed by atoms with Crippen molar-refractivity contribution in [3.8, 4) is 0 Å². The monoisotopic (exact) mass is 270 g/mol. The van der Waals surface area contributed by atoms with Gasteiger partial charge in [-0.25, -0.2) is 0 Å². The summed E-state index contributed by atoms with van der Waals surface area (Å²) in [6, 6.07) is 13.3. The zero-order chi connectivity index (χ0) is 13.6. The summed E-state index contributed by atoms with van der Waals surface area (Å²) in [6.07, 6.45) is 4.98. The van der Waals surface area contributed by atoms with E-state index in [-0.39, 0.29) is 0 Å². The van der Waals surface area contributed by atoms with Crippen molar-refractivity contribution in [3.63, 3.8) is 0 Å². The van der Waals surface area contributed by atoms with E-state index in [4.69, 9.17) is 0 Å². The van der Waals surface area contributed by atoms with Crippen molar-refractivity contribution in [3.05, 3.63) is 54.4 Å². The van der Waals surface area contributed by atoms with Gasteiger partial charge in [-0.1, -0.05) is 30.3 Å². The number of hydrogen-bond donors (Lipinski definition) is 1. The van der Waals surface area contributed by atoms with Crippen LogP contribution in [-0.2, 0) is 13.0 Å². The Labute approximate surface area is 120 Å². The van der Waals surface area contributed by atoms with Crippen LogP contribution in [0.25, 0.3) is 0 Å². The van der Waals surface area contributed by atoms with Gasteiger partial charge in [0.05, 0.1) is 6.54 Å². The van der Waals surface area contributed by atoms with Crippen LogP contribution in [0.2, 0.25) is 0 Å². The molecule has 1 atom stereocenters. The topological polar surface area (TPSA) is 33.1 Å². The molecule has 0 radical (unpaired) electrons. The summed E-state index contributed by atoms with van der Waals surface area (Å²) in [5.41, 5.74) is 1.42. The molecular weight excluding hydrogens is 248 g/mol. The molecule has 2 heterocycles. The lowest BCUT2D eigenvalue weighted by atomic mass is 10.0. The number of piperazine rings is 1. The Morgan fingerprint density at radius 1 is 1.15 bits per heavy atom. The SMILES string of the molecule is c1ccc(CC2CN(CCn3cccn3)CCN2)cc1. The predicted molar refractivity (Wildman–Crippen MR) is 80.6 cm³/mol. The summed E-state index contributed by atoms with van der Waals surface area (Å²) in [5.74, 6) is 0. The molecule has 1 aliphatic heterocycles. The van der Waals surface area contributed by atoms with Gasteiger partial charge in [-0.3, -0.25) is 9.58 Å². The van der Waals surface area contributed by atoms with Crippen molar-refractivity contribution in [2.75, 3.05) is 26.2 Å². The summed E-state index contributed by atoms with van der Waals surface area (Å²) in [7, 11) is 0. The molecule has 0 aliphatic carbocycles. The van der Waals surface area contributed by atoms with Gasteiger partial charge in [0.25, 0.3) is 0 Å². The number of rotatable bonds is 5. The molecule has 1 saturated heterocycles. The fourth-order valence-electron chi connectivity index (χ4n) is 2.81. The molecule has 0 amide bonds. The molecule has 0 saturated carbocycles. The van der Waals surface area contributed by atoms with Crippen LogP contribution in [0, 0.1) is 0 Å². The lowest BCUT2D eigenvalue weighted by Crippen LogP contribution is -2.52. The van der Waals surface area contributed by atoms with E-state index in [9.17, 15) is 0 Å². The third-order valence-corrected chi connectivity index (χ3v) is 3.87. The van der Waals surface area contributed by atoms with E-state index in [1.54, 1.807) is 0 Å². The van der Waals surface area contributed by atoms with Crippen molar-refractivity contribution >= 4 is 0 Å². The van der Waals surface area contributed by atoms with Crippen LogP contribution in [-0.4, -0.2) is 46.9 Å². The first-order chi connectivity index (χ1) is 9.90. The summed E-state index contributed by atoms with van der Waals surface area (Å²) in [4.78, 5) is 2.53. The first-order valence-corrected chi connectivity index (χ1v) is 7.37. The Morgan fingerprint density at radius 2 is 2.05 bits per heavy atom. The first kappa shape index (κ1) is 13.3. The molecule has 1 fully saturated rings. The zero-order valence-electron chi connectivity index (χ0n) is 11.8. The van der Waals surface area contributed by atoms with Crippen LogP contribution in [0.5, 0.6) is 0 Å². The van der Waals surface area contributed by atoms with Crippen molar-refractivity contribution in [1.29, 1.82) is 0 Å². The Kier molecular flexibility index (Phi) is 4.46. The minimum Gasteiger partial charge on any atom is -0.311 e. The lowest BCUT2D eigenvalue weighted by molar-refractivity contribution is 0.190. The predicted octanol–water partition coefficient (Wildman–Crippen LogP) is 1.40. The number of benzene rings is 1. The molecule has 2 aromatic rings. The molecule has 0 bridgehead atoms. The molecule has 1 N–H and O–H groups in total. The fourth-order valence-corrected chi connectivity index (χ4v) is 2.81. The maximum absolute atomic E-state index is 4.26. The number of hydrogen-bond acceptors (Lipinski definition) is 3. The average molecular weight is 270 g/mol. The second-order valence-corrected chi connectivity index (χ2v) is 5.41. The Morgan fingerprint density at radius 3 is 2.85 bits per heavy atom. The highest BCUT2D eigenvalue weighted by molar-refractivity contribution is 5.16. The third kappa shape index (κ3) is 3.68. The minimum absolute atomic E-state index is 0.559. The molecule has 4 heteroatoms. The first-order valence-electron chi connectivity index (χ1n) is 7.37. The van der Waals surface area contributed by atoms with Crippen LogP contribution in [0.1, 0.15) is 5.56 Å². The summed E-state index contributed by atoms with van der Waals surface area (Å²) < 4.78 is 2.01. The maximum Gasteiger partial charge on any atom is 0.0536 e. The molecule has 1 unspecified atom stereocenters. The second-order valence-electron chi connectivity index (χ2n) is 5.41. The zero-order valence-corrected chi connectivity index (χ0v) is 11.8. The Bertz CT molecular complexity index is 494. The van der Waals surface area contributed by atoms with Crippen molar-refractivity contribution < 1.29 is 0 Å². The van der Waals surface area contributed by atoms with Gasteiger partial charge in [0.15, 0.2) is 0 Å². The smallest absolute Gasteiger partial charge is 0.0536 e. The van der Waals surface area contributed by atoms with Gasteiger partial charge in [-0.15, -0.1) is 0 Å². The van der Waals surface area contributed by atoms with Crippen LogP contribution >= 0.6 is 0 Å². The fraction of sp³-hybridized carbons (Fsp3) is 0.438. The van der Waals surface area contributed by atoms with Crippen LogP contribution in [0.3, 0.4) is 0 Å². The van der Waals surface area contributed by atoms with Gasteiger partial charge in [0.2, 0.25) is 0 Å². The van der Waals surface area contributed by atoms with E-state index in [2.05, 4.69) is 45.6 Å². The highest BCUT2D eigenvalue weighted by atomic mass is 15.3. The molecule has 20 heavy (non-hydrogen) atoms. The van der Waals surface area contributed by atoms with Gasteiger partial charge in [0, 0.05) is 44.6 Å². The average Bonchev–Trinajstić information content (AvgIpc) is 3.00. The standard InChI is InChI=1S/C16H22N4/c1-2-5-15(6-3-1)13-16-14-19(10-8-17-16)11-12-20-9-4-7-18-20/h1-7,9,16-17H,8,10-14H2. The normalized spacial score (nSPS) is 20.1. The number of aromatic nitrogens is 2. The van der Waals surface area contributed by atoms with Crippen LogP contribution < -0.4 is 5.32 Å². The Hall–Kier alpha value is -1.65. The summed E-state index contributed by atoms with van der Waals surface area (Å²) in [5, 5.41) is 7.89. The molecule has 3 rings (SSSR count). The number of nitrogens with one attached hydrogen (secondary N) is 1. The largest absolute Gasteiger partial charge is 0.311 e. The van der Waals surface area contributed by atoms with Crippen LogP contribution in [0.15, 0.2) is 48.8 Å². The van der Waals surface area contributed by atoms with E-state index in [0.717, 1.165) is 39.1 Å². The number of nitrogens with zero attached hydrogens (tertiary/aromatic N) is 3. The molecule has 1 aliphatic rings. The Balaban J connectivity index is 1.49. The van der Waals surface area contributed by atoms with Gasteiger partial charge < -0.3 is 5.32 Å². The lowest BCUT2D eigenvalue weighted by Gasteiger charge is -2.33. The van der Waals surface area contributed by atoms with E-state index < -0.39 is 0 Å². The third-order valence-electron chi connectivity index (χ3n) is 3.87. The molecular formula is C16H22N4. The second kappa shape index (κ2) is 6.68. The van der Waals surface area contributed by atoms with Crippen molar-refractivity contribution in [1.82, 2.24) is 20.0 Å². The molecule has 1 aromatic heterocycles. The summed E-state index contributed by atoms with van der Waals surface area (Å²) >= 11 is 0. The van der Waals surface area contributed by atoms with E-state index in [0.29, 0.717) is 6.04 Å². The van der Waals surface area contributed by atoms with E-state index in [1.807, 2.05) is 23.1 Å². The molecule has 1 aromatic carbocycles. The maximum atomic E-state index is 4.26. The summed E-state index contributed by atoms with van der Waals surface area (Å²) in [6.45, 7) is 5.39. The van der Waals surface area contributed by atoms with Crippen molar-refractivity contribution in [2.24, 2.45) is 0 Å². The van der Waals surface area contributed by atoms with Gasteiger partial charge in [0.1, 0.15) is 0 Å². The highest BCUT2D eigenvalue weighted by Gasteiger charge is 2.19. The minimum atomic E-state index is 0.559. The quantitative estimate of drug-likeness (QED) is 0.891. The van der Waals surface area contributed by atoms with Crippen molar-refractivity contribution in [2.45, 2.75) is 19.0 Å².